The van der Waals surface area contributed by atoms with E-state index in [0.29, 0.717) is 5.82 Å². The van der Waals surface area contributed by atoms with Crippen molar-refractivity contribution in [3.63, 3.8) is 0 Å². The van der Waals surface area contributed by atoms with Crippen LogP contribution in [0.15, 0.2) is 40.4 Å². The number of hydrogen-bond donors (Lipinski definition) is 2. The molecule has 16 heavy (non-hydrogen) atoms. The van der Waals surface area contributed by atoms with Crippen molar-refractivity contribution in [2.45, 2.75) is 0 Å². The standard InChI is InChI=1S/C10H8N4OS/c15-9-5-8(13-10(16)14-9)12-6-7-1-3-11-4-2-7/h1-6H,(H2,13,14,15,16)/b12-6-. The van der Waals surface area contributed by atoms with Crippen molar-refractivity contribution in [2.75, 3.05) is 0 Å². The van der Waals surface area contributed by atoms with Crippen molar-refractivity contribution in [2.24, 2.45) is 4.99 Å². The third-order valence-electron chi connectivity index (χ3n) is 1.80. The zero-order valence-corrected chi connectivity index (χ0v) is 8.99. The number of hydrogen-bond acceptors (Lipinski definition) is 4. The molecule has 0 aliphatic heterocycles. The number of H-pyrrole nitrogens is 2. The Morgan fingerprint density at radius 3 is 2.75 bits per heavy atom. The van der Waals surface area contributed by atoms with E-state index in [0.717, 1.165) is 5.56 Å². The lowest BCUT2D eigenvalue weighted by molar-refractivity contribution is 1.08. The van der Waals surface area contributed by atoms with Crippen LogP contribution in [-0.4, -0.2) is 21.2 Å². The Morgan fingerprint density at radius 1 is 1.31 bits per heavy atom. The molecule has 0 spiro atoms. The predicted molar refractivity (Wildman–Crippen MR) is 63.7 cm³/mol. The molecule has 2 aromatic rings. The van der Waals surface area contributed by atoms with Crippen LogP contribution in [0.3, 0.4) is 0 Å². The molecule has 2 heterocycles. The van der Waals surface area contributed by atoms with Crippen LogP contribution in [0.4, 0.5) is 5.82 Å². The second-order valence-electron chi connectivity index (χ2n) is 3.01. The topological polar surface area (TPSA) is 73.9 Å². The van der Waals surface area contributed by atoms with E-state index in [1.54, 1.807) is 18.6 Å². The zero-order chi connectivity index (χ0) is 11.4. The van der Waals surface area contributed by atoms with E-state index in [4.69, 9.17) is 12.2 Å². The SMILES string of the molecule is O=c1cc(/N=C\c2ccncc2)[nH]c(=S)[nH]1. The summed E-state index contributed by atoms with van der Waals surface area (Å²) in [5.74, 6) is 0.422. The third-order valence-corrected chi connectivity index (χ3v) is 2.01. The van der Waals surface area contributed by atoms with Gasteiger partial charge >= 0.3 is 0 Å². The molecule has 2 aromatic heterocycles. The van der Waals surface area contributed by atoms with E-state index in [1.165, 1.54) is 6.07 Å². The van der Waals surface area contributed by atoms with Gasteiger partial charge in [-0.1, -0.05) is 0 Å². The van der Waals surface area contributed by atoms with Gasteiger partial charge in [-0.05, 0) is 29.9 Å². The van der Waals surface area contributed by atoms with Crippen LogP contribution in [0.25, 0.3) is 0 Å². The van der Waals surface area contributed by atoms with E-state index in [2.05, 4.69) is 19.9 Å². The van der Waals surface area contributed by atoms with E-state index in [-0.39, 0.29) is 10.3 Å². The minimum absolute atomic E-state index is 0.259. The monoisotopic (exact) mass is 232 g/mol. The van der Waals surface area contributed by atoms with Gasteiger partial charge in [0.15, 0.2) is 4.77 Å². The first-order valence-electron chi connectivity index (χ1n) is 4.52. The molecule has 0 aliphatic rings. The molecule has 80 valence electrons. The average molecular weight is 232 g/mol. The van der Waals surface area contributed by atoms with Gasteiger partial charge in [0.2, 0.25) is 0 Å². The fraction of sp³-hybridized carbons (Fsp3) is 0. The summed E-state index contributed by atoms with van der Waals surface area (Å²) >= 11 is 4.82. The smallest absolute Gasteiger partial charge is 0.253 e. The van der Waals surface area contributed by atoms with Crippen LogP contribution in [0, 0.1) is 4.77 Å². The number of nitrogens with one attached hydrogen (secondary N) is 2. The van der Waals surface area contributed by atoms with E-state index in [9.17, 15) is 4.79 Å². The van der Waals surface area contributed by atoms with Gasteiger partial charge in [0, 0.05) is 24.7 Å². The molecule has 0 unspecified atom stereocenters. The first kappa shape index (κ1) is 10.4. The Balaban J connectivity index is 2.31. The Hall–Kier alpha value is -2.08. The molecule has 2 N–H and O–H groups in total. The predicted octanol–water partition coefficient (Wildman–Crippen LogP) is 1.58. The second-order valence-corrected chi connectivity index (χ2v) is 3.42. The van der Waals surface area contributed by atoms with Gasteiger partial charge in [-0.2, -0.15) is 0 Å². The minimum Gasteiger partial charge on any atom is -0.317 e. The summed E-state index contributed by atoms with van der Waals surface area (Å²) in [4.78, 5) is 24.3. The molecular weight excluding hydrogens is 224 g/mol. The first-order chi connectivity index (χ1) is 7.74. The van der Waals surface area contributed by atoms with E-state index >= 15 is 0 Å². The minimum atomic E-state index is -0.273. The summed E-state index contributed by atoms with van der Waals surface area (Å²) in [6, 6.07) is 4.96. The Bertz CT molecular complexity index is 586. The van der Waals surface area contributed by atoms with Gasteiger partial charge in [0.25, 0.3) is 5.56 Å². The first-order valence-corrected chi connectivity index (χ1v) is 4.92. The highest BCUT2D eigenvalue weighted by atomic mass is 32.1. The Kier molecular flexibility index (Phi) is 3.02. The molecule has 0 aliphatic carbocycles. The molecule has 0 fully saturated rings. The largest absolute Gasteiger partial charge is 0.317 e. The Morgan fingerprint density at radius 2 is 2.06 bits per heavy atom. The number of rotatable bonds is 2. The van der Waals surface area contributed by atoms with Crippen molar-refractivity contribution in [3.05, 3.63) is 51.3 Å². The number of pyridine rings is 1. The molecule has 0 bridgehead atoms. The summed E-state index contributed by atoms with van der Waals surface area (Å²) in [5.41, 5.74) is 0.625. The maximum atomic E-state index is 11.1. The van der Waals surface area contributed by atoms with Crippen LogP contribution in [0.1, 0.15) is 5.56 Å². The van der Waals surface area contributed by atoms with Gasteiger partial charge < -0.3 is 4.98 Å². The zero-order valence-electron chi connectivity index (χ0n) is 8.18. The Labute approximate surface area is 95.9 Å². The van der Waals surface area contributed by atoms with Crippen molar-refractivity contribution >= 4 is 24.3 Å². The average Bonchev–Trinajstić information content (AvgIpc) is 2.27. The molecule has 0 saturated carbocycles. The summed E-state index contributed by atoms with van der Waals surface area (Å²) in [6.45, 7) is 0. The molecule has 0 saturated heterocycles. The lowest BCUT2D eigenvalue weighted by Gasteiger charge is -1.93. The normalized spacial score (nSPS) is 10.8. The van der Waals surface area contributed by atoms with Gasteiger partial charge in [0.1, 0.15) is 5.82 Å². The maximum Gasteiger partial charge on any atom is 0.253 e. The summed E-state index contributed by atoms with van der Waals surface area (Å²) in [6.07, 6.45) is 4.96. The van der Waals surface area contributed by atoms with Crippen molar-refractivity contribution in [3.8, 4) is 0 Å². The van der Waals surface area contributed by atoms with E-state index in [1.807, 2.05) is 12.1 Å². The molecule has 2 rings (SSSR count). The van der Waals surface area contributed by atoms with Crippen molar-refractivity contribution in [1.82, 2.24) is 15.0 Å². The molecular formula is C10H8N4OS. The second kappa shape index (κ2) is 4.63. The van der Waals surface area contributed by atoms with Gasteiger partial charge in [-0.15, -0.1) is 0 Å². The van der Waals surface area contributed by atoms with Crippen LogP contribution in [0.2, 0.25) is 0 Å². The highest BCUT2D eigenvalue weighted by Crippen LogP contribution is 2.02. The molecule has 0 atom stereocenters. The lowest BCUT2D eigenvalue weighted by Crippen LogP contribution is -2.04. The van der Waals surface area contributed by atoms with Gasteiger partial charge in [-0.3, -0.25) is 14.8 Å². The number of aliphatic imine (C=N–C) groups is 1. The van der Waals surface area contributed by atoms with Crippen molar-refractivity contribution in [1.29, 1.82) is 0 Å². The molecule has 0 radical (unpaired) electrons. The van der Waals surface area contributed by atoms with E-state index < -0.39 is 0 Å². The number of aromatic nitrogens is 3. The van der Waals surface area contributed by atoms with Gasteiger partial charge in [-0.25, -0.2) is 4.99 Å². The van der Waals surface area contributed by atoms with Crippen LogP contribution >= 0.6 is 12.2 Å². The van der Waals surface area contributed by atoms with Crippen LogP contribution < -0.4 is 5.56 Å². The summed E-state index contributed by atoms with van der Waals surface area (Å²) in [7, 11) is 0. The van der Waals surface area contributed by atoms with Gasteiger partial charge in [0.05, 0.1) is 0 Å². The van der Waals surface area contributed by atoms with Crippen LogP contribution in [-0.2, 0) is 0 Å². The quantitative estimate of drug-likeness (QED) is 0.609. The maximum absolute atomic E-state index is 11.1. The fourth-order valence-electron chi connectivity index (χ4n) is 1.12. The van der Waals surface area contributed by atoms with Crippen molar-refractivity contribution < 1.29 is 0 Å². The van der Waals surface area contributed by atoms with Crippen LogP contribution in [0.5, 0.6) is 0 Å². The molecule has 0 amide bonds. The summed E-state index contributed by atoms with van der Waals surface area (Å²) in [5, 5.41) is 0. The fourth-order valence-corrected chi connectivity index (χ4v) is 1.32. The third kappa shape index (κ3) is 2.71. The highest BCUT2D eigenvalue weighted by molar-refractivity contribution is 7.71. The summed E-state index contributed by atoms with van der Waals surface area (Å²) < 4.78 is 0.259. The lowest BCUT2D eigenvalue weighted by atomic mass is 10.3. The molecule has 5 nitrogen and oxygen atoms in total. The molecule has 6 heteroatoms. The molecule has 0 aromatic carbocycles. The highest BCUT2D eigenvalue weighted by Gasteiger charge is 1.91. The number of aromatic amines is 2. The number of nitrogens with zero attached hydrogens (tertiary/aromatic N) is 2.